The Hall–Kier alpha value is -0.980. The number of hydrogen-bond donors (Lipinski definition) is 1. The quantitative estimate of drug-likeness (QED) is 0.769. The van der Waals surface area contributed by atoms with Gasteiger partial charge in [-0.25, -0.2) is 0 Å². The normalized spacial score (nSPS) is 23.9. The molecule has 0 radical (unpaired) electrons. The molecule has 0 spiro atoms. The minimum Gasteiger partial charge on any atom is -0.382 e. The highest BCUT2D eigenvalue weighted by molar-refractivity contribution is 5.46. The van der Waals surface area contributed by atoms with Crippen LogP contribution in [0.3, 0.4) is 0 Å². The van der Waals surface area contributed by atoms with Crippen LogP contribution >= 0.6 is 0 Å². The average molecular weight is 245 g/mol. The van der Waals surface area contributed by atoms with Crippen LogP contribution in [-0.2, 0) is 0 Å². The van der Waals surface area contributed by atoms with E-state index in [1.54, 1.807) is 0 Å². The SMILES string of the molecule is CCC(C)c1ccc(NC2CCCC2(C)C)cc1. The Balaban J connectivity index is 2.02. The van der Waals surface area contributed by atoms with E-state index < -0.39 is 0 Å². The minimum absolute atomic E-state index is 0.440. The monoisotopic (exact) mass is 245 g/mol. The Labute approximate surface area is 112 Å². The van der Waals surface area contributed by atoms with Crippen molar-refractivity contribution in [1.29, 1.82) is 0 Å². The van der Waals surface area contributed by atoms with Crippen molar-refractivity contribution < 1.29 is 0 Å². The molecular formula is C17H27N. The largest absolute Gasteiger partial charge is 0.382 e. The first-order chi connectivity index (χ1) is 8.53. The molecule has 1 aromatic carbocycles. The van der Waals surface area contributed by atoms with Gasteiger partial charge in [0.25, 0.3) is 0 Å². The molecule has 0 amide bonds. The molecule has 1 nitrogen and oxygen atoms in total. The van der Waals surface area contributed by atoms with Crippen molar-refractivity contribution in [3.63, 3.8) is 0 Å². The molecule has 1 aliphatic rings. The maximum atomic E-state index is 3.72. The van der Waals surface area contributed by atoms with E-state index in [9.17, 15) is 0 Å². The fourth-order valence-electron chi connectivity index (χ4n) is 2.94. The third kappa shape index (κ3) is 2.88. The second kappa shape index (κ2) is 5.34. The van der Waals surface area contributed by atoms with Crippen LogP contribution in [0.5, 0.6) is 0 Å². The second-order valence-corrected chi connectivity index (χ2v) is 6.51. The molecule has 0 saturated heterocycles. The molecule has 2 atom stereocenters. The standard InChI is InChI=1S/C17H27N/c1-5-13(2)14-8-10-15(11-9-14)18-16-7-6-12-17(16,3)4/h8-11,13,16,18H,5-7,12H2,1-4H3. The zero-order chi connectivity index (χ0) is 13.2. The number of nitrogens with one attached hydrogen (secondary N) is 1. The Morgan fingerprint density at radius 1 is 1.28 bits per heavy atom. The van der Waals surface area contributed by atoms with E-state index in [4.69, 9.17) is 0 Å². The van der Waals surface area contributed by atoms with Crippen molar-refractivity contribution in [2.75, 3.05) is 5.32 Å². The van der Waals surface area contributed by atoms with Crippen LogP contribution in [0.1, 0.15) is 64.9 Å². The maximum absolute atomic E-state index is 3.72. The van der Waals surface area contributed by atoms with Crippen LogP contribution in [0.2, 0.25) is 0 Å². The first-order valence-electron chi connectivity index (χ1n) is 7.39. The molecular weight excluding hydrogens is 218 g/mol. The topological polar surface area (TPSA) is 12.0 Å². The van der Waals surface area contributed by atoms with E-state index in [-0.39, 0.29) is 0 Å². The molecule has 1 saturated carbocycles. The summed E-state index contributed by atoms with van der Waals surface area (Å²) in [6.45, 7) is 9.30. The van der Waals surface area contributed by atoms with Gasteiger partial charge in [-0.3, -0.25) is 0 Å². The van der Waals surface area contributed by atoms with Gasteiger partial charge in [0.15, 0.2) is 0 Å². The van der Waals surface area contributed by atoms with Gasteiger partial charge in [0.2, 0.25) is 0 Å². The summed E-state index contributed by atoms with van der Waals surface area (Å²) in [6.07, 6.45) is 5.22. The minimum atomic E-state index is 0.440. The Kier molecular flexibility index (Phi) is 3.99. The van der Waals surface area contributed by atoms with Gasteiger partial charge < -0.3 is 5.32 Å². The Bertz CT molecular complexity index is 377. The first-order valence-corrected chi connectivity index (χ1v) is 7.39. The molecule has 1 fully saturated rings. The number of rotatable bonds is 4. The summed E-state index contributed by atoms with van der Waals surface area (Å²) in [4.78, 5) is 0. The molecule has 1 N–H and O–H groups in total. The molecule has 0 bridgehead atoms. The zero-order valence-electron chi connectivity index (χ0n) is 12.3. The highest BCUT2D eigenvalue weighted by Gasteiger charge is 2.34. The van der Waals surface area contributed by atoms with Gasteiger partial charge in [-0.2, -0.15) is 0 Å². The fourth-order valence-corrected chi connectivity index (χ4v) is 2.94. The van der Waals surface area contributed by atoms with Gasteiger partial charge in [-0.05, 0) is 48.3 Å². The van der Waals surface area contributed by atoms with Crippen molar-refractivity contribution in [1.82, 2.24) is 0 Å². The zero-order valence-corrected chi connectivity index (χ0v) is 12.3. The van der Waals surface area contributed by atoms with E-state index >= 15 is 0 Å². The molecule has 18 heavy (non-hydrogen) atoms. The van der Waals surface area contributed by atoms with Gasteiger partial charge >= 0.3 is 0 Å². The van der Waals surface area contributed by atoms with Crippen molar-refractivity contribution in [3.05, 3.63) is 29.8 Å². The second-order valence-electron chi connectivity index (χ2n) is 6.51. The summed E-state index contributed by atoms with van der Waals surface area (Å²) in [5.74, 6) is 0.668. The molecule has 1 aromatic rings. The van der Waals surface area contributed by atoms with Crippen LogP contribution in [0.25, 0.3) is 0 Å². The lowest BCUT2D eigenvalue weighted by Crippen LogP contribution is -2.30. The van der Waals surface area contributed by atoms with Crippen LogP contribution in [0, 0.1) is 5.41 Å². The summed E-state index contributed by atoms with van der Waals surface area (Å²) in [5.41, 5.74) is 3.17. The fraction of sp³-hybridized carbons (Fsp3) is 0.647. The first kappa shape index (κ1) is 13.5. The van der Waals surface area contributed by atoms with Crippen LogP contribution < -0.4 is 5.32 Å². The molecule has 100 valence electrons. The smallest absolute Gasteiger partial charge is 0.0342 e. The van der Waals surface area contributed by atoms with Crippen molar-refractivity contribution in [2.45, 2.75) is 65.3 Å². The molecule has 0 aromatic heterocycles. The third-order valence-electron chi connectivity index (χ3n) is 4.69. The number of benzene rings is 1. The van der Waals surface area contributed by atoms with E-state index in [1.807, 2.05) is 0 Å². The van der Waals surface area contributed by atoms with E-state index in [0.717, 1.165) is 0 Å². The van der Waals surface area contributed by atoms with Crippen molar-refractivity contribution in [2.24, 2.45) is 5.41 Å². The Morgan fingerprint density at radius 2 is 1.94 bits per heavy atom. The lowest BCUT2D eigenvalue weighted by Gasteiger charge is -2.28. The van der Waals surface area contributed by atoms with Gasteiger partial charge in [-0.15, -0.1) is 0 Å². The maximum Gasteiger partial charge on any atom is 0.0342 e. The highest BCUT2D eigenvalue weighted by atomic mass is 14.9. The average Bonchev–Trinajstić information content (AvgIpc) is 2.69. The molecule has 2 rings (SSSR count). The third-order valence-corrected chi connectivity index (χ3v) is 4.69. The lowest BCUT2D eigenvalue weighted by molar-refractivity contribution is 0.350. The van der Waals surface area contributed by atoms with Gasteiger partial charge in [-0.1, -0.05) is 46.2 Å². The van der Waals surface area contributed by atoms with Gasteiger partial charge in [0, 0.05) is 11.7 Å². The summed E-state index contributed by atoms with van der Waals surface area (Å²) < 4.78 is 0. The van der Waals surface area contributed by atoms with Crippen molar-refractivity contribution in [3.8, 4) is 0 Å². The van der Waals surface area contributed by atoms with Crippen molar-refractivity contribution >= 4 is 5.69 Å². The van der Waals surface area contributed by atoms with Gasteiger partial charge in [0.1, 0.15) is 0 Å². The van der Waals surface area contributed by atoms with Crippen LogP contribution in [0.4, 0.5) is 5.69 Å². The predicted molar refractivity (Wildman–Crippen MR) is 80.2 cm³/mol. The number of hydrogen-bond acceptors (Lipinski definition) is 1. The lowest BCUT2D eigenvalue weighted by atomic mass is 9.87. The molecule has 0 aliphatic heterocycles. The summed E-state index contributed by atoms with van der Waals surface area (Å²) in [6, 6.07) is 9.68. The Morgan fingerprint density at radius 3 is 2.44 bits per heavy atom. The van der Waals surface area contributed by atoms with Crippen LogP contribution in [0.15, 0.2) is 24.3 Å². The van der Waals surface area contributed by atoms with Gasteiger partial charge in [0.05, 0.1) is 0 Å². The summed E-state index contributed by atoms with van der Waals surface area (Å²) >= 11 is 0. The predicted octanol–water partition coefficient (Wildman–Crippen LogP) is 5.19. The van der Waals surface area contributed by atoms with Crippen LogP contribution in [-0.4, -0.2) is 6.04 Å². The van der Waals surface area contributed by atoms with E-state index in [0.29, 0.717) is 17.4 Å². The summed E-state index contributed by atoms with van der Waals surface area (Å²) in [7, 11) is 0. The molecule has 1 heteroatoms. The van der Waals surface area contributed by atoms with E-state index in [1.165, 1.54) is 36.9 Å². The molecule has 2 unspecified atom stereocenters. The number of anilines is 1. The van der Waals surface area contributed by atoms with E-state index in [2.05, 4.69) is 57.3 Å². The highest BCUT2D eigenvalue weighted by Crippen LogP contribution is 2.39. The summed E-state index contributed by atoms with van der Waals surface area (Å²) in [5, 5.41) is 3.72. The molecule has 1 aliphatic carbocycles. The molecule has 0 heterocycles.